The predicted octanol–water partition coefficient (Wildman–Crippen LogP) is 11.9. The third-order valence-corrected chi connectivity index (χ3v) is 9.56. The largest absolute Gasteiger partial charge is 0.455 e. The molecule has 6 heteroatoms. The zero-order valence-electron chi connectivity index (χ0n) is 27.6. The molecule has 52 heavy (non-hydrogen) atoms. The standard InChI is InChI=1S/C46H26N4O2/c47-27-28-10-6-14-32(24-28)45-48-44(29-11-2-1-3-12-29)49-46(50-45)33-15-7-13-30(25-33)31-22-23-35-37-18-9-20-39(43(37)52-41(35)26-31)38-19-8-17-36-34-16-4-5-21-40(34)51-42(36)38/h1-26H. The molecule has 10 rings (SSSR count). The van der Waals surface area contributed by atoms with E-state index in [0.717, 1.165) is 82.8 Å². The van der Waals surface area contributed by atoms with E-state index < -0.39 is 0 Å². The summed E-state index contributed by atoms with van der Waals surface area (Å²) in [6, 6.07) is 54.7. The van der Waals surface area contributed by atoms with Gasteiger partial charge in [0, 0.05) is 49.4 Å². The second-order valence-electron chi connectivity index (χ2n) is 12.7. The van der Waals surface area contributed by atoms with Gasteiger partial charge in [-0.2, -0.15) is 5.26 Å². The maximum absolute atomic E-state index is 9.54. The van der Waals surface area contributed by atoms with Crippen LogP contribution in [0.5, 0.6) is 0 Å². The molecular weight excluding hydrogens is 641 g/mol. The van der Waals surface area contributed by atoms with Crippen molar-refractivity contribution >= 4 is 43.9 Å². The van der Waals surface area contributed by atoms with Gasteiger partial charge in [-0.15, -0.1) is 0 Å². The topological polar surface area (TPSA) is 88.7 Å². The first kappa shape index (κ1) is 29.5. The van der Waals surface area contributed by atoms with Crippen molar-refractivity contribution < 1.29 is 8.83 Å². The number of hydrogen-bond acceptors (Lipinski definition) is 6. The van der Waals surface area contributed by atoms with Crippen molar-refractivity contribution in [1.82, 2.24) is 15.0 Å². The molecule has 0 amide bonds. The van der Waals surface area contributed by atoms with Gasteiger partial charge in [-0.25, -0.2) is 15.0 Å². The van der Waals surface area contributed by atoms with Crippen LogP contribution in [0.2, 0.25) is 0 Å². The van der Waals surface area contributed by atoms with E-state index in [1.54, 1.807) is 12.1 Å². The van der Waals surface area contributed by atoms with Gasteiger partial charge < -0.3 is 8.83 Å². The minimum absolute atomic E-state index is 0.504. The van der Waals surface area contributed by atoms with Gasteiger partial charge in [0.25, 0.3) is 0 Å². The van der Waals surface area contributed by atoms with E-state index >= 15 is 0 Å². The summed E-state index contributed by atoms with van der Waals surface area (Å²) in [7, 11) is 0. The molecule has 10 aromatic rings. The van der Waals surface area contributed by atoms with Crippen molar-refractivity contribution in [2.24, 2.45) is 0 Å². The Labute approximate surface area is 297 Å². The third-order valence-electron chi connectivity index (χ3n) is 9.56. The van der Waals surface area contributed by atoms with Gasteiger partial charge >= 0.3 is 0 Å². The van der Waals surface area contributed by atoms with Crippen molar-refractivity contribution in [2.45, 2.75) is 0 Å². The van der Waals surface area contributed by atoms with Gasteiger partial charge in [0.15, 0.2) is 17.5 Å². The zero-order chi connectivity index (χ0) is 34.6. The lowest BCUT2D eigenvalue weighted by molar-refractivity contribution is 0.665. The molecule has 0 atom stereocenters. The number of hydrogen-bond donors (Lipinski definition) is 0. The second kappa shape index (κ2) is 11.9. The quantitative estimate of drug-likeness (QED) is 0.182. The molecule has 242 valence electrons. The number of nitriles is 1. The summed E-state index contributed by atoms with van der Waals surface area (Å²) in [6.07, 6.45) is 0. The van der Waals surface area contributed by atoms with E-state index in [9.17, 15) is 5.26 Å². The monoisotopic (exact) mass is 666 g/mol. The Morgan fingerprint density at radius 3 is 1.63 bits per heavy atom. The fourth-order valence-electron chi connectivity index (χ4n) is 7.07. The van der Waals surface area contributed by atoms with E-state index in [2.05, 4.69) is 78.9 Å². The van der Waals surface area contributed by atoms with Crippen LogP contribution in [0.1, 0.15) is 5.56 Å². The summed E-state index contributed by atoms with van der Waals surface area (Å²) in [5.74, 6) is 1.61. The molecule has 0 aliphatic rings. The predicted molar refractivity (Wildman–Crippen MR) is 206 cm³/mol. The first-order chi connectivity index (χ1) is 25.7. The highest BCUT2D eigenvalue weighted by Crippen LogP contribution is 2.42. The number of fused-ring (bicyclic) bond motifs is 6. The normalized spacial score (nSPS) is 11.4. The number of benzene rings is 7. The lowest BCUT2D eigenvalue weighted by Crippen LogP contribution is -2.00. The molecule has 0 saturated carbocycles. The molecule has 0 aliphatic carbocycles. The van der Waals surface area contributed by atoms with Crippen molar-refractivity contribution in [2.75, 3.05) is 0 Å². The summed E-state index contributed by atoms with van der Waals surface area (Å²) in [5.41, 5.74) is 10.4. The fourth-order valence-corrected chi connectivity index (χ4v) is 7.07. The van der Waals surface area contributed by atoms with Crippen LogP contribution in [0.25, 0.3) is 100 Å². The van der Waals surface area contributed by atoms with E-state index in [1.165, 1.54) is 0 Å². The molecule has 3 heterocycles. The van der Waals surface area contributed by atoms with Gasteiger partial charge in [0.1, 0.15) is 22.3 Å². The molecule has 0 fully saturated rings. The molecule has 0 radical (unpaired) electrons. The maximum Gasteiger partial charge on any atom is 0.164 e. The highest BCUT2D eigenvalue weighted by molar-refractivity contribution is 6.15. The molecule has 0 aliphatic heterocycles. The van der Waals surface area contributed by atoms with Gasteiger partial charge in [0.2, 0.25) is 0 Å². The van der Waals surface area contributed by atoms with Gasteiger partial charge in [0.05, 0.1) is 11.6 Å². The highest BCUT2D eigenvalue weighted by Gasteiger charge is 2.18. The average Bonchev–Trinajstić information content (AvgIpc) is 3.79. The van der Waals surface area contributed by atoms with Crippen molar-refractivity contribution in [3.05, 3.63) is 163 Å². The molecule has 0 spiro atoms. The summed E-state index contributed by atoms with van der Waals surface area (Å²) < 4.78 is 13.1. The average molecular weight is 667 g/mol. The molecule has 0 saturated heterocycles. The number of rotatable bonds is 5. The molecule has 6 nitrogen and oxygen atoms in total. The SMILES string of the molecule is N#Cc1cccc(-c2nc(-c3ccccc3)nc(-c3cccc(-c4ccc5c(c4)oc4c(-c6cccc7c6oc6ccccc67)cccc45)c3)n2)c1. The lowest BCUT2D eigenvalue weighted by Gasteiger charge is -2.10. The van der Waals surface area contributed by atoms with Crippen LogP contribution in [0.4, 0.5) is 0 Å². The summed E-state index contributed by atoms with van der Waals surface area (Å²) in [5, 5.41) is 13.8. The Morgan fingerprint density at radius 2 is 0.904 bits per heavy atom. The zero-order valence-corrected chi connectivity index (χ0v) is 27.6. The van der Waals surface area contributed by atoms with E-state index in [4.69, 9.17) is 23.8 Å². The fraction of sp³-hybridized carbons (Fsp3) is 0. The Hall–Kier alpha value is -7.36. The van der Waals surface area contributed by atoms with Crippen LogP contribution in [-0.4, -0.2) is 15.0 Å². The minimum Gasteiger partial charge on any atom is -0.455 e. The smallest absolute Gasteiger partial charge is 0.164 e. The molecule has 3 aromatic heterocycles. The van der Waals surface area contributed by atoms with Crippen LogP contribution < -0.4 is 0 Å². The van der Waals surface area contributed by atoms with E-state index in [0.29, 0.717) is 23.0 Å². The number of para-hydroxylation sites is 3. The Balaban J connectivity index is 1.08. The molecule has 0 N–H and O–H groups in total. The summed E-state index contributed by atoms with van der Waals surface area (Å²) in [4.78, 5) is 14.6. The Bertz CT molecular complexity index is 3040. The first-order valence-electron chi connectivity index (χ1n) is 17.0. The van der Waals surface area contributed by atoms with Crippen molar-refractivity contribution in [3.63, 3.8) is 0 Å². The van der Waals surface area contributed by atoms with Crippen LogP contribution in [0.15, 0.2) is 167 Å². The minimum atomic E-state index is 0.504. The second-order valence-corrected chi connectivity index (χ2v) is 12.7. The van der Waals surface area contributed by atoms with Crippen LogP contribution in [0.3, 0.4) is 0 Å². The molecular formula is C46H26N4O2. The number of furan rings is 2. The summed E-state index contributed by atoms with van der Waals surface area (Å²) >= 11 is 0. The third kappa shape index (κ3) is 4.92. The van der Waals surface area contributed by atoms with Gasteiger partial charge in [-0.3, -0.25) is 0 Å². The highest BCUT2D eigenvalue weighted by atomic mass is 16.3. The molecule has 0 unspecified atom stereocenters. The number of aromatic nitrogens is 3. The Kier molecular flexibility index (Phi) is 6.76. The number of nitrogens with zero attached hydrogens (tertiary/aromatic N) is 4. The van der Waals surface area contributed by atoms with Gasteiger partial charge in [-0.1, -0.05) is 121 Å². The van der Waals surface area contributed by atoms with Crippen molar-refractivity contribution in [3.8, 4) is 62.5 Å². The summed E-state index contributed by atoms with van der Waals surface area (Å²) in [6.45, 7) is 0. The van der Waals surface area contributed by atoms with Crippen molar-refractivity contribution in [1.29, 1.82) is 5.26 Å². The molecule has 7 aromatic carbocycles. The van der Waals surface area contributed by atoms with Crippen LogP contribution in [-0.2, 0) is 0 Å². The lowest BCUT2D eigenvalue weighted by atomic mass is 9.99. The Morgan fingerprint density at radius 1 is 0.385 bits per heavy atom. The van der Waals surface area contributed by atoms with Crippen LogP contribution >= 0.6 is 0 Å². The van der Waals surface area contributed by atoms with Crippen LogP contribution in [0, 0.1) is 11.3 Å². The molecule has 0 bridgehead atoms. The first-order valence-corrected chi connectivity index (χ1v) is 17.0. The van der Waals surface area contributed by atoms with E-state index in [-0.39, 0.29) is 0 Å². The van der Waals surface area contributed by atoms with E-state index in [1.807, 2.05) is 72.8 Å². The van der Waals surface area contributed by atoms with Gasteiger partial charge in [-0.05, 0) is 47.5 Å². The maximum atomic E-state index is 9.54.